The largest absolute Gasteiger partial charge is 0.508 e. The van der Waals surface area contributed by atoms with E-state index in [0.29, 0.717) is 5.76 Å². The maximum absolute atomic E-state index is 11.8. The summed E-state index contributed by atoms with van der Waals surface area (Å²) in [5, 5.41) is 18.4. The molecule has 2 aromatic rings. The van der Waals surface area contributed by atoms with E-state index in [0.717, 1.165) is 0 Å². The standard InChI is InChI=1S/C12H10O5/c1-6-2-9(14)12-7(4-11(15)16)3-8(13)5-10(12)17-6/h2-3,5,13H,4H2,1H3,(H,15,16). The average Bonchev–Trinajstić information content (AvgIpc) is 2.13. The smallest absolute Gasteiger partial charge is 0.307 e. The molecular weight excluding hydrogens is 224 g/mol. The van der Waals surface area contributed by atoms with Crippen LogP contribution in [0.4, 0.5) is 0 Å². The fourth-order valence-corrected chi connectivity index (χ4v) is 1.78. The molecule has 88 valence electrons. The summed E-state index contributed by atoms with van der Waals surface area (Å²) in [6.07, 6.45) is -0.335. The van der Waals surface area contributed by atoms with Crippen LogP contribution in [0.5, 0.6) is 5.75 Å². The van der Waals surface area contributed by atoms with Gasteiger partial charge in [-0.2, -0.15) is 0 Å². The Kier molecular flexibility index (Phi) is 2.59. The summed E-state index contributed by atoms with van der Waals surface area (Å²) in [5.41, 5.74) is 0.146. The van der Waals surface area contributed by atoms with Gasteiger partial charge in [-0.25, -0.2) is 0 Å². The maximum atomic E-state index is 11.8. The Hall–Kier alpha value is -2.30. The second-order valence-corrected chi connectivity index (χ2v) is 3.77. The van der Waals surface area contributed by atoms with E-state index in [9.17, 15) is 14.7 Å². The van der Waals surface area contributed by atoms with Gasteiger partial charge in [0.25, 0.3) is 0 Å². The molecule has 0 aliphatic heterocycles. The predicted octanol–water partition coefficient (Wildman–Crippen LogP) is 1.43. The third-order valence-electron chi connectivity index (χ3n) is 2.36. The predicted molar refractivity (Wildman–Crippen MR) is 60.2 cm³/mol. The van der Waals surface area contributed by atoms with Gasteiger partial charge in [-0.05, 0) is 18.6 Å². The molecule has 1 aromatic heterocycles. The SMILES string of the molecule is Cc1cc(=O)c2c(CC(=O)O)cc(O)cc2o1. The van der Waals surface area contributed by atoms with Crippen LogP contribution in [0.2, 0.25) is 0 Å². The fraction of sp³-hybridized carbons (Fsp3) is 0.167. The number of phenolic OH excluding ortho intramolecular Hbond substituents is 1. The van der Waals surface area contributed by atoms with Crippen LogP contribution in [0.25, 0.3) is 11.0 Å². The van der Waals surface area contributed by atoms with Crippen LogP contribution < -0.4 is 5.43 Å². The Labute approximate surface area is 95.9 Å². The minimum Gasteiger partial charge on any atom is -0.508 e. The first-order chi connectivity index (χ1) is 7.97. The highest BCUT2D eigenvalue weighted by atomic mass is 16.4. The van der Waals surface area contributed by atoms with Crippen molar-refractivity contribution >= 4 is 16.9 Å². The molecule has 1 heterocycles. The molecule has 5 heteroatoms. The van der Waals surface area contributed by atoms with Crippen molar-refractivity contribution in [1.29, 1.82) is 0 Å². The van der Waals surface area contributed by atoms with E-state index in [1.807, 2.05) is 0 Å². The second-order valence-electron chi connectivity index (χ2n) is 3.77. The van der Waals surface area contributed by atoms with Gasteiger partial charge in [-0.1, -0.05) is 0 Å². The van der Waals surface area contributed by atoms with Gasteiger partial charge < -0.3 is 14.6 Å². The maximum Gasteiger partial charge on any atom is 0.307 e. The number of rotatable bonds is 2. The van der Waals surface area contributed by atoms with Gasteiger partial charge in [-0.15, -0.1) is 0 Å². The number of fused-ring (bicyclic) bond motifs is 1. The molecule has 0 bridgehead atoms. The zero-order valence-corrected chi connectivity index (χ0v) is 9.06. The van der Waals surface area contributed by atoms with Crippen LogP contribution in [0.15, 0.2) is 27.4 Å². The topological polar surface area (TPSA) is 87.7 Å². The first kappa shape index (κ1) is 11.2. The number of aryl methyl sites for hydroxylation is 1. The number of aromatic hydroxyl groups is 1. The molecule has 0 radical (unpaired) electrons. The van der Waals surface area contributed by atoms with Gasteiger partial charge in [0.1, 0.15) is 17.1 Å². The van der Waals surface area contributed by atoms with E-state index in [4.69, 9.17) is 9.52 Å². The summed E-state index contributed by atoms with van der Waals surface area (Å²) in [7, 11) is 0. The number of carbonyl (C=O) groups is 1. The number of carboxylic acids is 1. The molecule has 0 unspecified atom stereocenters. The zero-order valence-electron chi connectivity index (χ0n) is 9.06. The molecule has 5 nitrogen and oxygen atoms in total. The molecule has 0 aliphatic carbocycles. The van der Waals surface area contributed by atoms with Gasteiger partial charge in [0.05, 0.1) is 11.8 Å². The molecule has 2 rings (SSSR count). The highest BCUT2D eigenvalue weighted by molar-refractivity contribution is 5.86. The van der Waals surface area contributed by atoms with Gasteiger partial charge in [0, 0.05) is 12.1 Å². The normalized spacial score (nSPS) is 10.6. The van der Waals surface area contributed by atoms with Crippen LogP contribution >= 0.6 is 0 Å². The van der Waals surface area contributed by atoms with Crippen molar-refractivity contribution in [3.8, 4) is 5.75 Å². The van der Waals surface area contributed by atoms with E-state index in [1.54, 1.807) is 6.92 Å². The minimum absolute atomic E-state index is 0.123. The lowest BCUT2D eigenvalue weighted by molar-refractivity contribution is -0.136. The Morgan fingerprint density at radius 1 is 1.35 bits per heavy atom. The van der Waals surface area contributed by atoms with E-state index in [1.165, 1.54) is 18.2 Å². The molecule has 0 saturated heterocycles. The van der Waals surface area contributed by atoms with E-state index >= 15 is 0 Å². The number of benzene rings is 1. The van der Waals surface area contributed by atoms with Gasteiger partial charge in [-0.3, -0.25) is 9.59 Å². The Bertz CT molecular complexity index is 648. The molecule has 0 saturated carbocycles. The first-order valence-corrected chi connectivity index (χ1v) is 4.95. The first-order valence-electron chi connectivity index (χ1n) is 4.95. The van der Waals surface area contributed by atoms with Crippen molar-refractivity contribution in [3.63, 3.8) is 0 Å². The molecular formula is C12H10O5. The lowest BCUT2D eigenvalue weighted by atomic mass is 10.1. The number of hydrogen-bond donors (Lipinski definition) is 2. The van der Waals surface area contributed by atoms with Crippen molar-refractivity contribution in [3.05, 3.63) is 39.7 Å². The van der Waals surface area contributed by atoms with Crippen LogP contribution in [-0.4, -0.2) is 16.2 Å². The number of phenols is 1. The van der Waals surface area contributed by atoms with Crippen LogP contribution in [0.3, 0.4) is 0 Å². The van der Waals surface area contributed by atoms with E-state index < -0.39 is 5.97 Å². The second kappa shape index (κ2) is 3.93. The summed E-state index contributed by atoms with van der Waals surface area (Å²) < 4.78 is 5.29. The van der Waals surface area contributed by atoms with E-state index in [2.05, 4.69) is 0 Å². The summed E-state index contributed by atoms with van der Waals surface area (Å²) in [6.45, 7) is 1.61. The van der Waals surface area contributed by atoms with Crippen LogP contribution in [-0.2, 0) is 11.2 Å². The molecule has 0 fully saturated rings. The molecule has 0 amide bonds. The van der Waals surface area contributed by atoms with Crippen molar-refractivity contribution in [2.75, 3.05) is 0 Å². The van der Waals surface area contributed by atoms with E-state index in [-0.39, 0.29) is 34.1 Å². The number of hydrogen-bond acceptors (Lipinski definition) is 4. The number of aliphatic carboxylic acids is 1. The third kappa shape index (κ3) is 2.13. The lowest BCUT2D eigenvalue weighted by Crippen LogP contribution is -2.07. The Balaban J connectivity index is 2.82. The Morgan fingerprint density at radius 3 is 2.71 bits per heavy atom. The molecule has 17 heavy (non-hydrogen) atoms. The molecule has 0 spiro atoms. The Morgan fingerprint density at radius 2 is 2.06 bits per heavy atom. The highest BCUT2D eigenvalue weighted by Gasteiger charge is 2.12. The fourth-order valence-electron chi connectivity index (χ4n) is 1.78. The molecule has 1 aromatic carbocycles. The van der Waals surface area contributed by atoms with Gasteiger partial charge in [0.2, 0.25) is 0 Å². The van der Waals surface area contributed by atoms with Crippen molar-refractivity contribution < 1.29 is 19.4 Å². The van der Waals surface area contributed by atoms with Crippen molar-refractivity contribution in [2.24, 2.45) is 0 Å². The van der Waals surface area contributed by atoms with Gasteiger partial charge in [0.15, 0.2) is 5.43 Å². The third-order valence-corrected chi connectivity index (χ3v) is 2.36. The summed E-state index contributed by atoms with van der Waals surface area (Å²) in [5.74, 6) is -0.784. The van der Waals surface area contributed by atoms with Crippen molar-refractivity contribution in [2.45, 2.75) is 13.3 Å². The molecule has 0 aliphatic rings. The average molecular weight is 234 g/mol. The van der Waals surface area contributed by atoms with Crippen LogP contribution in [0, 0.1) is 6.92 Å². The summed E-state index contributed by atoms with van der Waals surface area (Å²) in [4.78, 5) is 22.5. The lowest BCUT2D eigenvalue weighted by Gasteiger charge is -2.05. The van der Waals surface area contributed by atoms with Crippen LogP contribution in [0.1, 0.15) is 11.3 Å². The molecule has 0 atom stereocenters. The molecule has 2 N–H and O–H groups in total. The monoisotopic (exact) mass is 234 g/mol. The quantitative estimate of drug-likeness (QED) is 0.820. The minimum atomic E-state index is -1.07. The highest BCUT2D eigenvalue weighted by Crippen LogP contribution is 2.23. The van der Waals surface area contributed by atoms with Crippen molar-refractivity contribution in [1.82, 2.24) is 0 Å². The zero-order chi connectivity index (χ0) is 12.6. The summed E-state index contributed by atoms with van der Waals surface area (Å²) >= 11 is 0. The van der Waals surface area contributed by atoms with Gasteiger partial charge >= 0.3 is 5.97 Å². The summed E-state index contributed by atoms with van der Waals surface area (Å²) in [6, 6.07) is 3.86. The number of carboxylic acid groups (broad SMARTS) is 1.